The minimum atomic E-state index is 0.609. The lowest BCUT2D eigenvalue weighted by molar-refractivity contribution is 1.27. The highest BCUT2D eigenvalue weighted by Gasteiger charge is 2.10. The molecule has 4 heteroatoms. The van der Waals surface area contributed by atoms with E-state index in [1.54, 1.807) is 17.8 Å². The van der Waals surface area contributed by atoms with Crippen molar-refractivity contribution in [3.05, 3.63) is 70.7 Å². The van der Waals surface area contributed by atoms with E-state index in [-0.39, 0.29) is 0 Å². The molecular formula is C18H13Cl2NS. The first kappa shape index (κ1) is 15.4. The molecule has 0 unspecified atom stereocenters. The maximum absolute atomic E-state index is 6.33. The number of aromatic nitrogens is 1. The number of hydrogen-bond acceptors (Lipinski definition) is 2. The third-order valence-electron chi connectivity index (χ3n) is 3.31. The van der Waals surface area contributed by atoms with E-state index < -0.39 is 0 Å². The second-order valence-corrected chi connectivity index (χ2v) is 6.49. The van der Waals surface area contributed by atoms with Crippen LogP contribution in [0, 0.1) is 0 Å². The van der Waals surface area contributed by atoms with E-state index in [4.69, 9.17) is 28.2 Å². The van der Waals surface area contributed by atoms with Crippen molar-refractivity contribution in [2.24, 2.45) is 0 Å². The Balaban J connectivity index is 2.16. The van der Waals surface area contributed by atoms with E-state index in [0.717, 1.165) is 27.4 Å². The molecule has 0 saturated carbocycles. The van der Waals surface area contributed by atoms with Crippen molar-refractivity contribution in [3.8, 4) is 22.5 Å². The van der Waals surface area contributed by atoms with Crippen LogP contribution in [-0.2, 0) is 0 Å². The smallest absolute Gasteiger partial charge is 0.0735 e. The zero-order valence-corrected chi connectivity index (χ0v) is 14.2. The summed E-state index contributed by atoms with van der Waals surface area (Å²) in [6, 6.07) is 19.8. The number of hydrogen-bond donors (Lipinski definition) is 0. The van der Waals surface area contributed by atoms with Crippen molar-refractivity contribution in [2.45, 2.75) is 4.90 Å². The first-order valence-electron chi connectivity index (χ1n) is 6.74. The van der Waals surface area contributed by atoms with E-state index in [0.29, 0.717) is 10.0 Å². The Hall–Kier alpha value is -1.48. The topological polar surface area (TPSA) is 12.9 Å². The molecule has 3 aromatic rings. The molecule has 110 valence electrons. The molecule has 3 rings (SSSR count). The average molecular weight is 346 g/mol. The van der Waals surface area contributed by atoms with Gasteiger partial charge in [0.2, 0.25) is 0 Å². The first-order valence-corrected chi connectivity index (χ1v) is 8.72. The van der Waals surface area contributed by atoms with Crippen LogP contribution in [0.3, 0.4) is 0 Å². The highest BCUT2D eigenvalue weighted by molar-refractivity contribution is 7.98. The van der Waals surface area contributed by atoms with Gasteiger partial charge in [0.15, 0.2) is 0 Å². The predicted molar refractivity (Wildman–Crippen MR) is 96.9 cm³/mol. The molecule has 1 aromatic heterocycles. The Kier molecular flexibility index (Phi) is 4.72. The van der Waals surface area contributed by atoms with Crippen LogP contribution in [0.2, 0.25) is 10.0 Å². The summed E-state index contributed by atoms with van der Waals surface area (Å²) in [5.74, 6) is 0. The van der Waals surface area contributed by atoms with Crippen molar-refractivity contribution < 1.29 is 0 Å². The Morgan fingerprint density at radius 1 is 0.864 bits per heavy atom. The fourth-order valence-electron chi connectivity index (χ4n) is 2.22. The predicted octanol–water partition coefficient (Wildman–Crippen LogP) is 6.44. The van der Waals surface area contributed by atoms with E-state index >= 15 is 0 Å². The van der Waals surface area contributed by atoms with Crippen molar-refractivity contribution in [1.82, 2.24) is 4.98 Å². The van der Waals surface area contributed by atoms with Crippen LogP contribution in [-0.4, -0.2) is 11.2 Å². The molecule has 0 aliphatic heterocycles. The zero-order valence-electron chi connectivity index (χ0n) is 11.9. The Bertz CT molecular complexity index is 803. The molecule has 0 spiro atoms. The number of thioether (sulfide) groups is 1. The fraction of sp³-hybridized carbons (Fsp3) is 0.0556. The van der Waals surface area contributed by atoms with Crippen LogP contribution >= 0.6 is 35.0 Å². The molecule has 0 N–H and O–H groups in total. The third kappa shape index (κ3) is 3.30. The highest BCUT2D eigenvalue weighted by Crippen LogP contribution is 2.33. The second kappa shape index (κ2) is 6.74. The minimum absolute atomic E-state index is 0.609. The van der Waals surface area contributed by atoms with Crippen molar-refractivity contribution in [2.75, 3.05) is 6.26 Å². The van der Waals surface area contributed by atoms with E-state index in [1.807, 2.05) is 36.4 Å². The molecular weight excluding hydrogens is 333 g/mol. The molecule has 1 nitrogen and oxygen atoms in total. The van der Waals surface area contributed by atoms with E-state index in [1.165, 1.54) is 0 Å². The van der Waals surface area contributed by atoms with Crippen molar-refractivity contribution >= 4 is 35.0 Å². The van der Waals surface area contributed by atoms with Gasteiger partial charge in [-0.15, -0.1) is 11.8 Å². The SMILES string of the molecule is CSc1cc(-c2ccccc2)nc(-c2ccc(Cl)cc2Cl)c1. The maximum Gasteiger partial charge on any atom is 0.0735 e. The molecule has 0 amide bonds. The van der Waals surface area contributed by atoms with Crippen LogP contribution in [0.5, 0.6) is 0 Å². The summed E-state index contributed by atoms with van der Waals surface area (Å²) < 4.78 is 0. The van der Waals surface area contributed by atoms with Gasteiger partial charge in [0.1, 0.15) is 0 Å². The van der Waals surface area contributed by atoms with Crippen LogP contribution in [0.15, 0.2) is 65.6 Å². The molecule has 1 heterocycles. The van der Waals surface area contributed by atoms with Crippen LogP contribution < -0.4 is 0 Å². The van der Waals surface area contributed by atoms with Gasteiger partial charge in [-0.3, -0.25) is 0 Å². The standard InChI is InChI=1S/C18H13Cl2NS/c1-22-14-10-17(12-5-3-2-4-6-12)21-18(11-14)15-8-7-13(19)9-16(15)20/h2-11H,1H3. The Labute approximate surface area is 144 Å². The molecule has 22 heavy (non-hydrogen) atoms. The van der Waals surface area contributed by atoms with Crippen molar-refractivity contribution in [3.63, 3.8) is 0 Å². The number of pyridine rings is 1. The van der Waals surface area contributed by atoms with Gasteiger partial charge in [0.05, 0.1) is 16.4 Å². The van der Waals surface area contributed by atoms with Crippen LogP contribution in [0.4, 0.5) is 0 Å². The summed E-state index contributed by atoms with van der Waals surface area (Å²) in [6.45, 7) is 0. The van der Waals surface area contributed by atoms with Gasteiger partial charge in [-0.05, 0) is 36.6 Å². The van der Waals surface area contributed by atoms with Gasteiger partial charge in [0, 0.05) is 21.0 Å². The maximum atomic E-state index is 6.33. The van der Waals surface area contributed by atoms with Crippen molar-refractivity contribution in [1.29, 1.82) is 0 Å². The lowest BCUT2D eigenvalue weighted by Gasteiger charge is -2.10. The quantitative estimate of drug-likeness (QED) is 0.506. The van der Waals surface area contributed by atoms with Gasteiger partial charge in [-0.25, -0.2) is 4.98 Å². The Morgan fingerprint density at radius 3 is 2.27 bits per heavy atom. The molecule has 0 aliphatic carbocycles. The number of halogens is 2. The Morgan fingerprint density at radius 2 is 1.59 bits per heavy atom. The summed E-state index contributed by atoms with van der Waals surface area (Å²) in [6.07, 6.45) is 2.05. The minimum Gasteiger partial charge on any atom is -0.248 e. The fourth-order valence-corrected chi connectivity index (χ4v) is 3.18. The summed E-state index contributed by atoms with van der Waals surface area (Å²) in [5.41, 5.74) is 3.77. The van der Waals surface area contributed by atoms with Gasteiger partial charge in [-0.2, -0.15) is 0 Å². The normalized spacial score (nSPS) is 10.7. The average Bonchev–Trinajstić information content (AvgIpc) is 2.55. The molecule has 0 fully saturated rings. The number of rotatable bonds is 3. The van der Waals surface area contributed by atoms with Crippen LogP contribution in [0.25, 0.3) is 22.5 Å². The summed E-state index contributed by atoms with van der Waals surface area (Å²) in [7, 11) is 0. The van der Waals surface area contributed by atoms with Gasteiger partial charge in [-0.1, -0.05) is 53.5 Å². The third-order valence-corrected chi connectivity index (χ3v) is 4.57. The van der Waals surface area contributed by atoms with Crippen LogP contribution in [0.1, 0.15) is 0 Å². The summed E-state index contributed by atoms with van der Waals surface area (Å²) in [4.78, 5) is 5.92. The molecule has 0 aliphatic rings. The van der Waals surface area contributed by atoms with E-state index in [2.05, 4.69) is 24.5 Å². The molecule has 0 bridgehead atoms. The largest absolute Gasteiger partial charge is 0.248 e. The molecule has 0 atom stereocenters. The zero-order chi connectivity index (χ0) is 15.5. The van der Waals surface area contributed by atoms with Gasteiger partial charge < -0.3 is 0 Å². The number of nitrogens with zero attached hydrogens (tertiary/aromatic N) is 1. The second-order valence-electron chi connectivity index (χ2n) is 4.77. The van der Waals surface area contributed by atoms with Gasteiger partial charge >= 0.3 is 0 Å². The number of benzene rings is 2. The lowest BCUT2D eigenvalue weighted by atomic mass is 10.1. The lowest BCUT2D eigenvalue weighted by Crippen LogP contribution is -1.90. The van der Waals surface area contributed by atoms with E-state index in [9.17, 15) is 0 Å². The molecule has 2 aromatic carbocycles. The monoisotopic (exact) mass is 345 g/mol. The summed E-state index contributed by atoms with van der Waals surface area (Å²) >= 11 is 14.0. The first-order chi connectivity index (χ1) is 10.7. The highest BCUT2D eigenvalue weighted by atomic mass is 35.5. The summed E-state index contributed by atoms with van der Waals surface area (Å²) in [5, 5.41) is 1.23. The molecule has 0 saturated heterocycles. The molecule has 0 radical (unpaired) electrons. The van der Waals surface area contributed by atoms with Gasteiger partial charge in [0.25, 0.3) is 0 Å².